The zero-order valence-electron chi connectivity index (χ0n) is 13.8. The third-order valence-corrected chi connectivity index (χ3v) is 3.57. The third-order valence-electron chi connectivity index (χ3n) is 3.57. The van der Waals surface area contributed by atoms with Crippen molar-refractivity contribution in [2.45, 2.75) is 13.8 Å². The zero-order chi connectivity index (χ0) is 17.7. The highest BCUT2D eigenvalue weighted by Crippen LogP contribution is 2.36. The van der Waals surface area contributed by atoms with Crippen molar-refractivity contribution >= 4 is 17.2 Å². The summed E-state index contributed by atoms with van der Waals surface area (Å²) in [5.41, 5.74) is 3.28. The van der Waals surface area contributed by atoms with Gasteiger partial charge in [-0.05, 0) is 25.0 Å². The van der Waals surface area contributed by atoms with Crippen LogP contribution in [0.25, 0.3) is 5.57 Å². The lowest BCUT2D eigenvalue weighted by Gasteiger charge is -2.01. The van der Waals surface area contributed by atoms with Gasteiger partial charge in [-0.15, -0.1) is 0 Å². The van der Waals surface area contributed by atoms with E-state index in [9.17, 15) is 9.90 Å². The molecule has 2 rings (SSSR count). The summed E-state index contributed by atoms with van der Waals surface area (Å²) < 4.78 is 0. The Morgan fingerprint density at radius 3 is 2.46 bits per heavy atom. The Labute approximate surface area is 141 Å². The van der Waals surface area contributed by atoms with E-state index < -0.39 is 0 Å². The monoisotopic (exact) mass is 320 g/mol. The summed E-state index contributed by atoms with van der Waals surface area (Å²) in [7, 11) is 0. The van der Waals surface area contributed by atoms with Crippen molar-refractivity contribution in [1.82, 2.24) is 4.98 Å². The molecule has 0 atom stereocenters. The highest BCUT2D eigenvalue weighted by molar-refractivity contribution is 6.30. The lowest BCUT2D eigenvalue weighted by molar-refractivity contribution is 0.101. The molecule has 24 heavy (non-hydrogen) atoms. The summed E-state index contributed by atoms with van der Waals surface area (Å²) in [6.07, 6.45) is 14.1. The molecule has 1 aliphatic heterocycles. The Morgan fingerprint density at radius 1 is 1.12 bits per heavy atom. The van der Waals surface area contributed by atoms with Crippen LogP contribution in [-0.4, -0.2) is 21.7 Å². The predicted octanol–water partition coefficient (Wildman–Crippen LogP) is 4.50. The van der Waals surface area contributed by atoms with Gasteiger partial charge in [-0.1, -0.05) is 61.8 Å². The molecule has 4 nitrogen and oxygen atoms in total. The van der Waals surface area contributed by atoms with Gasteiger partial charge in [0.1, 0.15) is 0 Å². The maximum absolute atomic E-state index is 12.4. The van der Waals surface area contributed by atoms with Gasteiger partial charge < -0.3 is 10.1 Å². The molecule has 0 saturated heterocycles. The van der Waals surface area contributed by atoms with E-state index in [-0.39, 0.29) is 11.8 Å². The van der Waals surface area contributed by atoms with E-state index in [0.717, 1.165) is 11.1 Å². The number of carbonyl (C=O) groups excluding carboxylic acids is 1. The molecule has 1 amide bonds. The van der Waals surface area contributed by atoms with Crippen LogP contribution in [0.15, 0.2) is 72.3 Å². The number of aliphatic imine (C=N–C) groups is 1. The summed E-state index contributed by atoms with van der Waals surface area (Å²) in [6, 6.07) is 0. The average Bonchev–Trinajstić information content (AvgIpc) is 3.08. The number of amides is 1. The summed E-state index contributed by atoms with van der Waals surface area (Å²) in [4.78, 5) is 19.5. The largest absolute Gasteiger partial charge is 0.494 e. The minimum atomic E-state index is -0.377. The normalized spacial score (nSPS) is 15.2. The number of allylic oxidation sites excluding steroid dienone is 10. The van der Waals surface area contributed by atoms with E-state index in [1.807, 2.05) is 32.1 Å². The van der Waals surface area contributed by atoms with Crippen molar-refractivity contribution in [3.05, 3.63) is 84.2 Å². The molecule has 0 aromatic carbocycles. The lowest BCUT2D eigenvalue weighted by atomic mass is 9.99. The van der Waals surface area contributed by atoms with Gasteiger partial charge in [-0.25, -0.2) is 4.99 Å². The van der Waals surface area contributed by atoms with Crippen molar-refractivity contribution in [3.8, 4) is 5.88 Å². The Bertz CT molecular complexity index is 843. The second-order valence-electron chi connectivity index (χ2n) is 5.06. The Morgan fingerprint density at radius 2 is 1.88 bits per heavy atom. The van der Waals surface area contributed by atoms with Gasteiger partial charge in [0, 0.05) is 0 Å². The number of nitrogens with one attached hydrogen (secondary N) is 1. The van der Waals surface area contributed by atoms with Crippen LogP contribution in [0.5, 0.6) is 5.88 Å². The smallest absolute Gasteiger partial charge is 0.280 e. The molecular formula is C20H20N2O2. The molecule has 0 spiro atoms. The molecular weight excluding hydrogens is 300 g/mol. The number of carbonyl (C=O) groups is 1. The molecule has 2 heterocycles. The summed E-state index contributed by atoms with van der Waals surface area (Å²) in [5.74, 6) is -0.451. The number of aromatic hydroxyl groups is 1. The van der Waals surface area contributed by atoms with Crippen LogP contribution in [0.3, 0.4) is 0 Å². The van der Waals surface area contributed by atoms with E-state index in [0.29, 0.717) is 22.5 Å². The number of hydrogen-bond acceptors (Lipinski definition) is 2. The van der Waals surface area contributed by atoms with E-state index in [4.69, 9.17) is 0 Å². The molecule has 0 aliphatic carbocycles. The SMILES string of the molecule is C=C/C=C\C(=C/C)C1=NC(=O)c2c(C(/C=C\C)=C/C=C)[nH]c(O)c21. The summed E-state index contributed by atoms with van der Waals surface area (Å²) in [6.45, 7) is 11.1. The molecule has 0 saturated carbocycles. The molecule has 0 bridgehead atoms. The molecule has 1 aliphatic rings. The number of aromatic amines is 1. The first-order valence-corrected chi connectivity index (χ1v) is 7.58. The Hall–Kier alpha value is -3.14. The second kappa shape index (κ2) is 7.42. The standard InChI is InChI=1S/C20H20N2O2/c1-5-9-12-13(8-4)17-15-16(20(24)21-17)18(22-19(15)23)14(10-6-2)11-7-3/h5-12,22-23H,1-2H2,3-4H3/b11-7-,12-9-,13-8+,14-10+. The number of H-pyrrole nitrogens is 1. The number of rotatable bonds is 6. The molecule has 1 aromatic rings. The third kappa shape index (κ3) is 2.99. The fourth-order valence-electron chi connectivity index (χ4n) is 2.58. The van der Waals surface area contributed by atoms with Gasteiger partial charge in [-0.2, -0.15) is 0 Å². The van der Waals surface area contributed by atoms with Crippen LogP contribution in [0.1, 0.15) is 35.5 Å². The number of fused-ring (bicyclic) bond motifs is 1. The van der Waals surface area contributed by atoms with E-state index >= 15 is 0 Å². The van der Waals surface area contributed by atoms with Gasteiger partial charge in [0.05, 0.1) is 22.5 Å². The highest BCUT2D eigenvalue weighted by Gasteiger charge is 2.33. The zero-order valence-corrected chi connectivity index (χ0v) is 13.8. The Balaban J connectivity index is 2.65. The predicted molar refractivity (Wildman–Crippen MR) is 99.4 cm³/mol. The van der Waals surface area contributed by atoms with E-state index in [1.54, 1.807) is 30.4 Å². The van der Waals surface area contributed by atoms with Crippen molar-refractivity contribution in [1.29, 1.82) is 0 Å². The molecule has 0 radical (unpaired) electrons. The molecule has 0 fully saturated rings. The summed E-state index contributed by atoms with van der Waals surface area (Å²) in [5, 5.41) is 10.4. The number of hydrogen-bond donors (Lipinski definition) is 2. The van der Waals surface area contributed by atoms with E-state index in [2.05, 4.69) is 23.1 Å². The molecule has 122 valence electrons. The topological polar surface area (TPSA) is 65.5 Å². The molecule has 0 unspecified atom stereocenters. The highest BCUT2D eigenvalue weighted by atomic mass is 16.3. The van der Waals surface area contributed by atoms with Crippen LogP contribution < -0.4 is 0 Å². The first kappa shape index (κ1) is 17.2. The number of nitrogens with zero attached hydrogens (tertiary/aromatic N) is 1. The van der Waals surface area contributed by atoms with Crippen LogP contribution in [0, 0.1) is 0 Å². The quantitative estimate of drug-likeness (QED) is 0.758. The summed E-state index contributed by atoms with van der Waals surface area (Å²) >= 11 is 0. The minimum Gasteiger partial charge on any atom is -0.494 e. The van der Waals surface area contributed by atoms with Gasteiger partial charge in [0.2, 0.25) is 0 Å². The van der Waals surface area contributed by atoms with E-state index in [1.165, 1.54) is 0 Å². The fraction of sp³-hybridized carbons (Fsp3) is 0.100. The van der Waals surface area contributed by atoms with Gasteiger partial charge >= 0.3 is 0 Å². The first-order valence-electron chi connectivity index (χ1n) is 7.58. The molecule has 2 N–H and O–H groups in total. The average molecular weight is 320 g/mol. The van der Waals surface area contributed by atoms with Crippen molar-refractivity contribution in [2.75, 3.05) is 0 Å². The first-order chi connectivity index (χ1) is 11.6. The Kier molecular flexibility index (Phi) is 5.32. The van der Waals surface area contributed by atoms with Crippen LogP contribution in [0.2, 0.25) is 0 Å². The number of aromatic nitrogens is 1. The minimum absolute atomic E-state index is 0.0737. The maximum atomic E-state index is 12.4. The van der Waals surface area contributed by atoms with Crippen molar-refractivity contribution in [3.63, 3.8) is 0 Å². The second-order valence-corrected chi connectivity index (χ2v) is 5.06. The van der Waals surface area contributed by atoms with Gasteiger partial charge in [0.25, 0.3) is 5.91 Å². The lowest BCUT2D eigenvalue weighted by Crippen LogP contribution is -2.00. The maximum Gasteiger partial charge on any atom is 0.280 e. The van der Waals surface area contributed by atoms with Crippen LogP contribution in [0.4, 0.5) is 0 Å². The van der Waals surface area contributed by atoms with Crippen molar-refractivity contribution < 1.29 is 9.90 Å². The fourth-order valence-corrected chi connectivity index (χ4v) is 2.58. The van der Waals surface area contributed by atoms with Crippen LogP contribution in [-0.2, 0) is 0 Å². The molecule has 1 aromatic heterocycles. The van der Waals surface area contributed by atoms with Gasteiger partial charge in [-0.3, -0.25) is 4.79 Å². The van der Waals surface area contributed by atoms with Crippen LogP contribution >= 0.6 is 0 Å². The van der Waals surface area contributed by atoms with Gasteiger partial charge in [0.15, 0.2) is 5.88 Å². The molecule has 4 heteroatoms. The van der Waals surface area contributed by atoms with Crippen molar-refractivity contribution in [2.24, 2.45) is 4.99 Å².